The molecule has 0 fully saturated rings. The van der Waals surface area contributed by atoms with Crippen molar-refractivity contribution in [1.29, 1.82) is 0 Å². The number of amides is 1. The van der Waals surface area contributed by atoms with Gasteiger partial charge in [0, 0.05) is 36.2 Å². The van der Waals surface area contributed by atoms with Crippen LogP contribution in [0.5, 0.6) is 17.2 Å². The van der Waals surface area contributed by atoms with E-state index in [0.29, 0.717) is 42.5 Å². The highest BCUT2D eigenvalue weighted by atomic mass is 32.1. The van der Waals surface area contributed by atoms with Gasteiger partial charge >= 0.3 is 0 Å². The van der Waals surface area contributed by atoms with E-state index in [2.05, 4.69) is 10.3 Å². The Hall–Kier alpha value is -2.32. The number of benzene rings is 1. The van der Waals surface area contributed by atoms with Crippen LogP contribution in [0.2, 0.25) is 0 Å². The molecule has 0 spiro atoms. The molecule has 2 aromatic rings. The minimum absolute atomic E-state index is 0.225. The van der Waals surface area contributed by atoms with E-state index in [4.69, 9.17) is 19.9 Å². The van der Waals surface area contributed by atoms with Crippen molar-refractivity contribution in [2.45, 2.75) is 13.0 Å². The predicted molar refractivity (Wildman–Crippen MR) is 92.1 cm³/mol. The largest absolute Gasteiger partial charge is 0.496 e. The number of methoxy groups -OCH3 is 3. The van der Waals surface area contributed by atoms with Crippen molar-refractivity contribution in [3.63, 3.8) is 0 Å². The van der Waals surface area contributed by atoms with Gasteiger partial charge < -0.3 is 25.3 Å². The summed E-state index contributed by atoms with van der Waals surface area (Å²) >= 11 is 1.37. The summed E-state index contributed by atoms with van der Waals surface area (Å²) in [5, 5.41) is 5.27. The first-order valence-corrected chi connectivity index (χ1v) is 8.22. The Morgan fingerprint density at radius 3 is 2.38 bits per heavy atom. The van der Waals surface area contributed by atoms with Gasteiger partial charge in [-0.05, 0) is 6.42 Å². The number of rotatable bonds is 8. The second kappa shape index (κ2) is 8.51. The molecule has 1 aromatic carbocycles. The fraction of sp³-hybridized carbons (Fsp3) is 0.375. The number of nitrogens with one attached hydrogen (secondary N) is 1. The number of carbonyl (C=O) groups excluding carboxylic acids is 1. The quantitative estimate of drug-likeness (QED) is 0.750. The van der Waals surface area contributed by atoms with E-state index >= 15 is 0 Å². The van der Waals surface area contributed by atoms with Gasteiger partial charge in [0.1, 0.15) is 28.0 Å². The first kappa shape index (κ1) is 18.0. The molecule has 2 rings (SSSR count). The van der Waals surface area contributed by atoms with Crippen LogP contribution in [0.4, 0.5) is 0 Å². The summed E-state index contributed by atoms with van der Waals surface area (Å²) in [6.45, 7) is 0.756. The summed E-state index contributed by atoms with van der Waals surface area (Å²) in [6, 6.07) is 3.57. The number of thiazole rings is 1. The van der Waals surface area contributed by atoms with Crippen LogP contribution in [0.15, 0.2) is 17.5 Å². The van der Waals surface area contributed by atoms with E-state index in [0.717, 1.165) is 10.6 Å². The third kappa shape index (κ3) is 4.15. The summed E-state index contributed by atoms with van der Waals surface area (Å²) in [5.74, 6) is 1.73. The molecule has 0 saturated heterocycles. The average Bonchev–Trinajstić information content (AvgIpc) is 3.10. The zero-order valence-corrected chi connectivity index (χ0v) is 14.7. The summed E-state index contributed by atoms with van der Waals surface area (Å²) in [4.78, 5) is 16.2. The number of nitrogens with zero attached hydrogens (tertiary/aromatic N) is 1. The topological polar surface area (TPSA) is 95.7 Å². The van der Waals surface area contributed by atoms with Crippen LogP contribution in [0.25, 0.3) is 0 Å². The lowest BCUT2D eigenvalue weighted by Crippen LogP contribution is -2.26. The first-order chi connectivity index (χ1) is 11.6. The zero-order chi connectivity index (χ0) is 17.5. The van der Waals surface area contributed by atoms with Crippen molar-refractivity contribution in [2.75, 3.05) is 27.9 Å². The molecule has 0 saturated carbocycles. The first-order valence-electron chi connectivity index (χ1n) is 7.34. The molecule has 0 bridgehead atoms. The molecule has 7 nitrogen and oxygen atoms in total. The van der Waals surface area contributed by atoms with Crippen LogP contribution in [0, 0.1) is 0 Å². The molecule has 0 aliphatic rings. The normalized spacial score (nSPS) is 10.3. The standard InChI is InChI=1S/C16H21N3O4S/c1-21-10-6-13(22-2)11(14(7-10)23-3)4-5-18-16(20)12-9-24-15(8-17)19-12/h6-7,9H,4-5,8,17H2,1-3H3,(H,18,20). The number of ether oxygens (including phenoxy) is 3. The summed E-state index contributed by atoms with van der Waals surface area (Å²) in [5.41, 5.74) is 6.75. The van der Waals surface area contributed by atoms with Crippen LogP contribution in [0.3, 0.4) is 0 Å². The van der Waals surface area contributed by atoms with Crippen LogP contribution in [-0.4, -0.2) is 38.8 Å². The minimum Gasteiger partial charge on any atom is -0.496 e. The number of aromatic nitrogens is 1. The molecule has 0 aliphatic heterocycles. The Morgan fingerprint density at radius 1 is 1.21 bits per heavy atom. The maximum Gasteiger partial charge on any atom is 0.270 e. The second-order valence-electron chi connectivity index (χ2n) is 4.85. The average molecular weight is 351 g/mol. The van der Waals surface area contributed by atoms with Gasteiger partial charge in [-0.1, -0.05) is 0 Å². The minimum atomic E-state index is -0.225. The lowest BCUT2D eigenvalue weighted by atomic mass is 10.1. The SMILES string of the molecule is COc1cc(OC)c(CCNC(=O)c2csc(CN)n2)c(OC)c1. The Kier molecular flexibility index (Phi) is 6.39. The van der Waals surface area contributed by atoms with E-state index in [1.54, 1.807) is 38.8 Å². The van der Waals surface area contributed by atoms with Crippen molar-refractivity contribution in [3.05, 3.63) is 33.8 Å². The number of hydrogen-bond acceptors (Lipinski definition) is 7. The van der Waals surface area contributed by atoms with E-state index in [1.165, 1.54) is 11.3 Å². The van der Waals surface area contributed by atoms with Gasteiger partial charge in [0.15, 0.2) is 0 Å². The van der Waals surface area contributed by atoms with Crippen LogP contribution in [-0.2, 0) is 13.0 Å². The fourth-order valence-corrected chi connectivity index (χ4v) is 2.88. The smallest absolute Gasteiger partial charge is 0.270 e. The molecular weight excluding hydrogens is 330 g/mol. The van der Waals surface area contributed by atoms with Gasteiger partial charge in [-0.3, -0.25) is 4.79 Å². The number of carbonyl (C=O) groups is 1. The molecule has 8 heteroatoms. The van der Waals surface area contributed by atoms with Crippen molar-refractivity contribution in [3.8, 4) is 17.2 Å². The molecular formula is C16H21N3O4S. The van der Waals surface area contributed by atoms with Crippen LogP contribution >= 0.6 is 11.3 Å². The van der Waals surface area contributed by atoms with Crippen molar-refractivity contribution in [1.82, 2.24) is 10.3 Å². The Morgan fingerprint density at radius 2 is 1.88 bits per heavy atom. The highest BCUT2D eigenvalue weighted by molar-refractivity contribution is 7.09. The lowest BCUT2D eigenvalue weighted by molar-refractivity contribution is 0.0949. The number of nitrogens with two attached hydrogens (primary N) is 1. The molecule has 3 N–H and O–H groups in total. The predicted octanol–water partition coefficient (Wildman–Crippen LogP) is 1.60. The summed E-state index contributed by atoms with van der Waals surface area (Å²) < 4.78 is 16.0. The van der Waals surface area contributed by atoms with Crippen molar-refractivity contribution >= 4 is 17.2 Å². The summed E-state index contributed by atoms with van der Waals surface area (Å²) in [6.07, 6.45) is 0.552. The van der Waals surface area contributed by atoms with Gasteiger partial charge in [-0.2, -0.15) is 0 Å². The van der Waals surface area contributed by atoms with Crippen molar-refractivity contribution < 1.29 is 19.0 Å². The van der Waals surface area contributed by atoms with Crippen LogP contribution in [0.1, 0.15) is 21.1 Å². The molecule has 1 heterocycles. The summed E-state index contributed by atoms with van der Waals surface area (Å²) in [7, 11) is 4.75. The maximum absolute atomic E-state index is 12.1. The molecule has 0 atom stereocenters. The van der Waals surface area contributed by atoms with Gasteiger partial charge in [0.05, 0.1) is 21.3 Å². The van der Waals surface area contributed by atoms with E-state index in [-0.39, 0.29) is 5.91 Å². The molecule has 130 valence electrons. The Balaban J connectivity index is 2.04. The molecule has 0 radical (unpaired) electrons. The number of hydrogen-bond donors (Lipinski definition) is 2. The maximum atomic E-state index is 12.1. The molecule has 0 unspecified atom stereocenters. The third-order valence-electron chi connectivity index (χ3n) is 3.44. The Labute approximate surface area is 144 Å². The van der Waals surface area contributed by atoms with Crippen LogP contribution < -0.4 is 25.3 Å². The van der Waals surface area contributed by atoms with Gasteiger partial charge in [-0.15, -0.1) is 11.3 Å². The van der Waals surface area contributed by atoms with E-state index in [9.17, 15) is 4.79 Å². The molecule has 1 amide bonds. The monoisotopic (exact) mass is 351 g/mol. The van der Waals surface area contributed by atoms with Gasteiger partial charge in [0.2, 0.25) is 0 Å². The second-order valence-corrected chi connectivity index (χ2v) is 5.79. The lowest BCUT2D eigenvalue weighted by Gasteiger charge is -2.15. The third-order valence-corrected chi connectivity index (χ3v) is 4.31. The molecule has 0 aliphatic carbocycles. The van der Waals surface area contributed by atoms with Gasteiger partial charge in [0.25, 0.3) is 5.91 Å². The fourth-order valence-electron chi connectivity index (χ4n) is 2.22. The highest BCUT2D eigenvalue weighted by Gasteiger charge is 2.14. The molecule has 24 heavy (non-hydrogen) atoms. The molecule has 1 aromatic heterocycles. The Bertz CT molecular complexity index is 677. The van der Waals surface area contributed by atoms with E-state index < -0.39 is 0 Å². The highest BCUT2D eigenvalue weighted by Crippen LogP contribution is 2.34. The van der Waals surface area contributed by atoms with Crippen molar-refractivity contribution in [2.24, 2.45) is 5.73 Å². The zero-order valence-electron chi connectivity index (χ0n) is 13.9. The van der Waals surface area contributed by atoms with Gasteiger partial charge in [-0.25, -0.2) is 4.98 Å². The van der Waals surface area contributed by atoms with E-state index in [1.807, 2.05) is 0 Å².